The molecule has 0 saturated heterocycles. The summed E-state index contributed by atoms with van der Waals surface area (Å²) in [7, 11) is 0. The maximum atomic E-state index is 13.4. The van der Waals surface area contributed by atoms with Gasteiger partial charge >= 0.3 is 0 Å². The lowest BCUT2D eigenvalue weighted by Crippen LogP contribution is -2.27. The molecule has 3 rings (SSSR count). The molecular formula is C14H15FN4O. The first-order valence-corrected chi connectivity index (χ1v) is 6.68. The van der Waals surface area contributed by atoms with Crippen LogP contribution in [0.3, 0.4) is 0 Å². The summed E-state index contributed by atoms with van der Waals surface area (Å²) >= 11 is 0. The standard InChI is InChI=1S/C14H15FN4O/c15-11-4-2-1-3-9(11)7-8-16-14(20)13-17-12(18-19-13)10-5-6-10/h1-4,10H,5-8H2,(H,16,20)(H,17,18,19). The minimum atomic E-state index is -0.329. The topological polar surface area (TPSA) is 70.7 Å². The van der Waals surface area contributed by atoms with Gasteiger partial charge in [0.2, 0.25) is 5.82 Å². The van der Waals surface area contributed by atoms with Crippen LogP contribution in [0.1, 0.15) is 40.8 Å². The monoisotopic (exact) mass is 274 g/mol. The predicted molar refractivity (Wildman–Crippen MR) is 70.8 cm³/mol. The zero-order valence-electron chi connectivity index (χ0n) is 10.9. The van der Waals surface area contributed by atoms with Gasteiger partial charge in [-0.25, -0.2) is 9.37 Å². The van der Waals surface area contributed by atoms with Crippen molar-refractivity contribution in [1.29, 1.82) is 0 Å². The summed E-state index contributed by atoms with van der Waals surface area (Å²) in [6, 6.07) is 6.54. The zero-order valence-corrected chi connectivity index (χ0v) is 10.9. The molecule has 1 fully saturated rings. The first kappa shape index (κ1) is 12.8. The van der Waals surface area contributed by atoms with E-state index in [1.165, 1.54) is 6.07 Å². The van der Waals surface area contributed by atoms with Crippen LogP contribution >= 0.6 is 0 Å². The van der Waals surface area contributed by atoms with E-state index in [9.17, 15) is 9.18 Å². The van der Waals surface area contributed by atoms with Crippen molar-refractivity contribution in [3.63, 3.8) is 0 Å². The highest BCUT2D eigenvalue weighted by Crippen LogP contribution is 2.37. The fourth-order valence-corrected chi connectivity index (χ4v) is 2.01. The normalized spacial score (nSPS) is 14.2. The molecular weight excluding hydrogens is 259 g/mol. The number of amides is 1. The molecule has 1 aliphatic rings. The van der Waals surface area contributed by atoms with Crippen molar-refractivity contribution in [2.75, 3.05) is 6.54 Å². The van der Waals surface area contributed by atoms with Crippen molar-refractivity contribution in [3.05, 3.63) is 47.3 Å². The van der Waals surface area contributed by atoms with E-state index in [1.54, 1.807) is 18.2 Å². The minimum Gasteiger partial charge on any atom is -0.349 e. The van der Waals surface area contributed by atoms with Gasteiger partial charge in [-0.2, -0.15) is 0 Å². The Morgan fingerprint density at radius 3 is 2.95 bits per heavy atom. The number of aromatic nitrogens is 3. The molecule has 0 bridgehead atoms. The highest BCUT2D eigenvalue weighted by atomic mass is 19.1. The number of nitrogens with zero attached hydrogens (tertiary/aromatic N) is 2. The van der Waals surface area contributed by atoms with Crippen LogP contribution in [0.15, 0.2) is 24.3 Å². The Hall–Kier alpha value is -2.24. The number of rotatable bonds is 5. The summed E-state index contributed by atoms with van der Waals surface area (Å²) in [5.41, 5.74) is 0.585. The molecule has 0 spiro atoms. The van der Waals surface area contributed by atoms with Gasteiger partial charge in [0.15, 0.2) is 0 Å². The SMILES string of the molecule is O=C(NCCc1ccccc1F)c1n[nH]c(C2CC2)n1. The summed E-state index contributed by atoms with van der Waals surface area (Å²) in [6.07, 6.45) is 2.64. The third-order valence-corrected chi connectivity index (χ3v) is 3.31. The molecule has 5 nitrogen and oxygen atoms in total. The van der Waals surface area contributed by atoms with Crippen molar-refractivity contribution in [2.24, 2.45) is 0 Å². The largest absolute Gasteiger partial charge is 0.349 e. The number of nitrogens with one attached hydrogen (secondary N) is 2. The summed E-state index contributed by atoms with van der Waals surface area (Å²) in [6.45, 7) is 0.354. The quantitative estimate of drug-likeness (QED) is 0.873. The molecule has 0 atom stereocenters. The Bertz CT molecular complexity index is 621. The van der Waals surface area contributed by atoms with Crippen LogP contribution in [0.5, 0.6) is 0 Å². The van der Waals surface area contributed by atoms with Crippen molar-refractivity contribution in [1.82, 2.24) is 20.5 Å². The van der Waals surface area contributed by atoms with Gasteiger partial charge in [-0.3, -0.25) is 9.89 Å². The molecule has 0 aliphatic heterocycles. The summed E-state index contributed by atoms with van der Waals surface area (Å²) in [5.74, 6) is 0.785. The summed E-state index contributed by atoms with van der Waals surface area (Å²) in [5, 5.41) is 9.38. The Balaban J connectivity index is 1.52. The number of aromatic amines is 1. The Labute approximate surface area is 115 Å². The minimum absolute atomic E-state index is 0.153. The molecule has 1 aromatic heterocycles. The molecule has 0 radical (unpaired) electrons. The second kappa shape index (κ2) is 5.40. The number of hydrogen-bond donors (Lipinski definition) is 2. The van der Waals surface area contributed by atoms with E-state index in [1.807, 2.05) is 0 Å². The van der Waals surface area contributed by atoms with Crippen LogP contribution in [-0.2, 0) is 6.42 Å². The Morgan fingerprint density at radius 2 is 2.20 bits per heavy atom. The van der Waals surface area contributed by atoms with Crippen LogP contribution in [-0.4, -0.2) is 27.6 Å². The van der Waals surface area contributed by atoms with Crippen molar-refractivity contribution in [2.45, 2.75) is 25.2 Å². The lowest BCUT2D eigenvalue weighted by atomic mass is 10.1. The Kier molecular flexibility index (Phi) is 3.45. The number of halogens is 1. The van der Waals surface area contributed by atoms with Gasteiger partial charge in [-0.15, -0.1) is 5.10 Å². The predicted octanol–water partition coefficient (Wildman–Crippen LogP) is 1.79. The molecule has 2 aromatic rings. The lowest BCUT2D eigenvalue weighted by Gasteiger charge is -2.03. The zero-order chi connectivity index (χ0) is 13.9. The van der Waals surface area contributed by atoms with Gasteiger partial charge in [0.05, 0.1) is 0 Å². The molecule has 1 amide bonds. The van der Waals surface area contributed by atoms with E-state index >= 15 is 0 Å². The van der Waals surface area contributed by atoms with E-state index in [4.69, 9.17) is 0 Å². The van der Waals surface area contributed by atoms with Gasteiger partial charge in [0.25, 0.3) is 5.91 Å². The van der Waals surface area contributed by atoms with E-state index in [0.717, 1.165) is 18.7 Å². The van der Waals surface area contributed by atoms with E-state index in [2.05, 4.69) is 20.5 Å². The third-order valence-electron chi connectivity index (χ3n) is 3.31. The van der Waals surface area contributed by atoms with Gasteiger partial charge < -0.3 is 5.32 Å². The third kappa shape index (κ3) is 2.84. The smallest absolute Gasteiger partial charge is 0.290 e. The van der Waals surface area contributed by atoms with E-state index in [0.29, 0.717) is 24.4 Å². The van der Waals surface area contributed by atoms with Crippen LogP contribution in [0.4, 0.5) is 4.39 Å². The lowest BCUT2D eigenvalue weighted by molar-refractivity contribution is 0.0944. The van der Waals surface area contributed by atoms with Gasteiger partial charge in [-0.05, 0) is 30.9 Å². The maximum absolute atomic E-state index is 13.4. The molecule has 6 heteroatoms. The number of H-pyrrole nitrogens is 1. The number of benzene rings is 1. The number of carbonyl (C=O) groups is 1. The molecule has 1 aromatic carbocycles. The highest BCUT2D eigenvalue weighted by molar-refractivity contribution is 5.90. The molecule has 20 heavy (non-hydrogen) atoms. The van der Waals surface area contributed by atoms with Gasteiger partial charge in [0, 0.05) is 12.5 Å². The maximum Gasteiger partial charge on any atom is 0.290 e. The molecule has 1 saturated carbocycles. The fourth-order valence-electron chi connectivity index (χ4n) is 2.01. The van der Waals surface area contributed by atoms with E-state index in [-0.39, 0.29) is 17.5 Å². The first-order chi connectivity index (χ1) is 9.74. The van der Waals surface area contributed by atoms with Crippen molar-refractivity contribution < 1.29 is 9.18 Å². The fraction of sp³-hybridized carbons (Fsp3) is 0.357. The van der Waals surface area contributed by atoms with Crippen LogP contribution in [0.25, 0.3) is 0 Å². The number of carbonyl (C=O) groups excluding carboxylic acids is 1. The summed E-state index contributed by atoms with van der Waals surface area (Å²) in [4.78, 5) is 16.0. The summed E-state index contributed by atoms with van der Waals surface area (Å²) < 4.78 is 13.4. The molecule has 104 valence electrons. The van der Waals surface area contributed by atoms with Crippen LogP contribution in [0.2, 0.25) is 0 Å². The molecule has 0 unspecified atom stereocenters. The first-order valence-electron chi connectivity index (χ1n) is 6.68. The van der Waals surface area contributed by atoms with E-state index < -0.39 is 0 Å². The average Bonchev–Trinajstić information content (AvgIpc) is 3.18. The van der Waals surface area contributed by atoms with Crippen LogP contribution < -0.4 is 5.32 Å². The second-order valence-corrected chi connectivity index (χ2v) is 4.92. The number of hydrogen-bond acceptors (Lipinski definition) is 3. The van der Waals surface area contributed by atoms with Gasteiger partial charge in [0.1, 0.15) is 11.6 Å². The van der Waals surface area contributed by atoms with Crippen molar-refractivity contribution >= 4 is 5.91 Å². The average molecular weight is 274 g/mol. The molecule has 1 aliphatic carbocycles. The molecule has 1 heterocycles. The van der Waals surface area contributed by atoms with Crippen molar-refractivity contribution in [3.8, 4) is 0 Å². The highest BCUT2D eigenvalue weighted by Gasteiger charge is 2.28. The Morgan fingerprint density at radius 1 is 1.40 bits per heavy atom. The second-order valence-electron chi connectivity index (χ2n) is 4.92. The molecule has 2 N–H and O–H groups in total. The van der Waals surface area contributed by atoms with Crippen LogP contribution in [0, 0.1) is 5.82 Å². The van der Waals surface area contributed by atoms with Gasteiger partial charge in [-0.1, -0.05) is 18.2 Å².